The summed E-state index contributed by atoms with van der Waals surface area (Å²) in [5, 5.41) is 8.26. The van der Waals surface area contributed by atoms with Gasteiger partial charge in [0.25, 0.3) is 0 Å². The fourth-order valence-corrected chi connectivity index (χ4v) is 3.70. The largest absolute Gasteiger partial charge is 0.347 e. The first-order chi connectivity index (χ1) is 13.6. The Hall–Kier alpha value is -2.27. The van der Waals surface area contributed by atoms with Gasteiger partial charge in [0.2, 0.25) is 0 Å². The van der Waals surface area contributed by atoms with Crippen molar-refractivity contribution in [2.45, 2.75) is 18.6 Å². The van der Waals surface area contributed by atoms with Crippen molar-refractivity contribution in [2.75, 3.05) is 0 Å². The van der Waals surface area contributed by atoms with Crippen LogP contribution in [0.25, 0.3) is 0 Å². The summed E-state index contributed by atoms with van der Waals surface area (Å²) >= 11 is 12.4. The Morgan fingerprint density at radius 2 is 1.31 bits per heavy atom. The van der Waals surface area contributed by atoms with Crippen LogP contribution in [0, 0.1) is 5.82 Å². The van der Waals surface area contributed by atoms with E-state index in [0.717, 1.165) is 16.7 Å². The van der Waals surface area contributed by atoms with Crippen molar-refractivity contribution in [3.63, 3.8) is 0 Å². The van der Waals surface area contributed by atoms with Crippen LogP contribution >= 0.6 is 35.6 Å². The maximum atomic E-state index is 13.1. The second kappa shape index (κ2) is 9.49. The molecule has 0 saturated carbocycles. The minimum absolute atomic E-state index is 0. The van der Waals surface area contributed by atoms with Gasteiger partial charge in [-0.25, -0.2) is 9.38 Å². The fraction of sp³-hybridized carbons (Fsp3) is 0.136. The van der Waals surface area contributed by atoms with E-state index in [9.17, 15) is 4.39 Å². The molecule has 0 amide bonds. The van der Waals surface area contributed by atoms with Gasteiger partial charge in [-0.15, -0.1) is 12.4 Å². The second-order valence-electron chi connectivity index (χ2n) is 6.65. The average molecular weight is 451 g/mol. The molecule has 4 rings (SSSR count). The van der Waals surface area contributed by atoms with Gasteiger partial charge in [-0.1, -0.05) is 59.6 Å². The molecule has 2 unspecified atom stereocenters. The average Bonchev–Trinajstić information content (AvgIpc) is 3.12. The maximum Gasteiger partial charge on any atom is 0.192 e. The van der Waals surface area contributed by atoms with Gasteiger partial charge in [0, 0.05) is 10.0 Å². The zero-order valence-corrected chi connectivity index (χ0v) is 17.6. The second-order valence-corrected chi connectivity index (χ2v) is 7.52. The van der Waals surface area contributed by atoms with E-state index in [1.54, 1.807) is 12.1 Å². The molecule has 0 spiro atoms. The predicted octanol–water partition coefficient (Wildman–Crippen LogP) is 6.09. The smallest absolute Gasteiger partial charge is 0.192 e. The summed E-state index contributed by atoms with van der Waals surface area (Å²) in [6.45, 7) is 0.445. The molecule has 1 heterocycles. The standard InChI is InChI=1S/C22H18Cl2FN3.ClH/c23-17-5-1-3-15(11-17)20-21(16-4-2-6-18(24)12-16)28-22(27-20)26-13-14-7-9-19(25)10-8-14;/h1-12,20-21H,13H2,(H2,26,27,28);1H. The van der Waals surface area contributed by atoms with Gasteiger partial charge in [0.05, 0.1) is 18.6 Å². The Balaban J connectivity index is 0.00000240. The summed E-state index contributed by atoms with van der Waals surface area (Å²) in [6, 6.07) is 21.8. The quantitative estimate of drug-likeness (QED) is 0.505. The molecule has 0 bridgehead atoms. The molecule has 1 aliphatic rings. The van der Waals surface area contributed by atoms with Gasteiger partial charge in [-0.2, -0.15) is 0 Å². The topological polar surface area (TPSA) is 36.4 Å². The number of benzene rings is 3. The molecular formula is C22H19Cl3FN3. The van der Waals surface area contributed by atoms with Gasteiger partial charge in [-0.3, -0.25) is 0 Å². The van der Waals surface area contributed by atoms with Crippen molar-refractivity contribution >= 4 is 41.6 Å². The molecule has 1 fully saturated rings. The third kappa shape index (κ3) is 5.21. The van der Waals surface area contributed by atoms with Crippen LogP contribution in [0.2, 0.25) is 10.0 Å². The van der Waals surface area contributed by atoms with Crippen LogP contribution in [-0.4, -0.2) is 5.96 Å². The van der Waals surface area contributed by atoms with Crippen LogP contribution in [0.3, 0.4) is 0 Å². The summed E-state index contributed by atoms with van der Waals surface area (Å²) in [5.74, 6) is 0.426. The van der Waals surface area contributed by atoms with Crippen molar-refractivity contribution in [3.8, 4) is 0 Å². The van der Waals surface area contributed by atoms with Crippen LogP contribution < -0.4 is 10.6 Å². The van der Waals surface area contributed by atoms with E-state index in [0.29, 0.717) is 22.5 Å². The van der Waals surface area contributed by atoms with E-state index in [2.05, 4.69) is 15.6 Å². The summed E-state index contributed by atoms with van der Waals surface area (Å²) in [5.41, 5.74) is 3.04. The zero-order chi connectivity index (χ0) is 19.5. The lowest BCUT2D eigenvalue weighted by Crippen LogP contribution is -2.25. The van der Waals surface area contributed by atoms with Crippen molar-refractivity contribution in [2.24, 2.45) is 4.99 Å². The number of nitrogens with one attached hydrogen (secondary N) is 2. The lowest BCUT2D eigenvalue weighted by atomic mass is 9.95. The van der Waals surface area contributed by atoms with Gasteiger partial charge in [0.15, 0.2) is 5.96 Å². The molecule has 7 heteroatoms. The summed E-state index contributed by atoms with van der Waals surface area (Å²) in [4.78, 5) is 4.63. The Labute approximate surface area is 185 Å². The number of halogens is 4. The fourth-order valence-electron chi connectivity index (χ4n) is 3.31. The Bertz CT molecular complexity index is 953. The molecule has 2 N–H and O–H groups in total. The lowest BCUT2D eigenvalue weighted by molar-refractivity contribution is 0.554. The van der Waals surface area contributed by atoms with Gasteiger partial charge in [-0.05, 0) is 53.1 Å². The first kappa shape index (κ1) is 21.4. The number of hydrogen-bond donors (Lipinski definition) is 2. The van der Waals surface area contributed by atoms with E-state index in [4.69, 9.17) is 23.2 Å². The number of aliphatic imine (C=N–C) groups is 1. The summed E-state index contributed by atoms with van der Waals surface area (Å²) < 4.78 is 13.1. The summed E-state index contributed by atoms with van der Waals surface area (Å²) in [6.07, 6.45) is 0. The highest BCUT2D eigenvalue weighted by molar-refractivity contribution is 6.30. The molecule has 0 aliphatic carbocycles. The van der Waals surface area contributed by atoms with E-state index >= 15 is 0 Å². The SMILES string of the molecule is Cl.Fc1ccc(CN=C2NC(c3cccc(Cl)c3)C(c3cccc(Cl)c3)N2)cc1. The van der Waals surface area contributed by atoms with Crippen molar-refractivity contribution in [1.82, 2.24) is 10.6 Å². The highest BCUT2D eigenvalue weighted by atomic mass is 35.5. The van der Waals surface area contributed by atoms with E-state index < -0.39 is 0 Å². The summed E-state index contributed by atoms with van der Waals surface area (Å²) in [7, 11) is 0. The molecule has 3 aromatic carbocycles. The van der Waals surface area contributed by atoms with Crippen LogP contribution in [0.15, 0.2) is 77.8 Å². The van der Waals surface area contributed by atoms with E-state index in [1.807, 2.05) is 48.5 Å². The van der Waals surface area contributed by atoms with Crippen LogP contribution in [0.5, 0.6) is 0 Å². The minimum Gasteiger partial charge on any atom is -0.347 e. The first-order valence-corrected chi connectivity index (χ1v) is 9.67. The Morgan fingerprint density at radius 3 is 1.79 bits per heavy atom. The minimum atomic E-state index is -0.254. The highest BCUT2D eigenvalue weighted by Crippen LogP contribution is 2.34. The van der Waals surface area contributed by atoms with Crippen LogP contribution in [0.1, 0.15) is 28.8 Å². The highest BCUT2D eigenvalue weighted by Gasteiger charge is 2.33. The number of hydrogen-bond acceptors (Lipinski definition) is 1. The van der Waals surface area contributed by atoms with Gasteiger partial charge >= 0.3 is 0 Å². The number of rotatable bonds is 4. The molecule has 0 radical (unpaired) electrons. The maximum absolute atomic E-state index is 13.1. The molecule has 1 aliphatic heterocycles. The molecule has 0 aromatic heterocycles. The van der Waals surface area contributed by atoms with E-state index in [1.165, 1.54) is 12.1 Å². The Kier molecular flexibility index (Phi) is 7.01. The van der Waals surface area contributed by atoms with Crippen molar-refractivity contribution < 1.29 is 4.39 Å². The number of guanidine groups is 1. The lowest BCUT2D eigenvalue weighted by Gasteiger charge is -2.20. The third-order valence-electron chi connectivity index (χ3n) is 4.67. The molecule has 150 valence electrons. The van der Waals surface area contributed by atoms with Crippen molar-refractivity contribution in [1.29, 1.82) is 0 Å². The zero-order valence-electron chi connectivity index (χ0n) is 15.3. The predicted molar refractivity (Wildman–Crippen MR) is 119 cm³/mol. The molecule has 3 nitrogen and oxygen atoms in total. The van der Waals surface area contributed by atoms with Crippen LogP contribution in [-0.2, 0) is 6.54 Å². The molecule has 3 aromatic rings. The van der Waals surface area contributed by atoms with Gasteiger partial charge in [0.1, 0.15) is 5.82 Å². The Morgan fingerprint density at radius 1 is 0.793 bits per heavy atom. The number of nitrogens with zero attached hydrogens (tertiary/aromatic N) is 1. The van der Waals surface area contributed by atoms with E-state index in [-0.39, 0.29) is 30.3 Å². The van der Waals surface area contributed by atoms with Crippen LogP contribution in [0.4, 0.5) is 4.39 Å². The molecular weight excluding hydrogens is 432 g/mol. The molecule has 1 saturated heterocycles. The van der Waals surface area contributed by atoms with Gasteiger partial charge < -0.3 is 10.6 Å². The monoisotopic (exact) mass is 449 g/mol. The molecule has 2 atom stereocenters. The molecule has 29 heavy (non-hydrogen) atoms. The van der Waals surface area contributed by atoms with Crippen molar-refractivity contribution in [3.05, 3.63) is 105 Å². The first-order valence-electron chi connectivity index (χ1n) is 8.91. The third-order valence-corrected chi connectivity index (χ3v) is 5.14. The normalized spacial score (nSPS) is 17.8.